The van der Waals surface area contributed by atoms with Crippen molar-refractivity contribution in [2.24, 2.45) is 0 Å². The van der Waals surface area contributed by atoms with Gasteiger partial charge in [-0.05, 0) is 36.6 Å². The van der Waals surface area contributed by atoms with Gasteiger partial charge in [-0.15, -0.1) is 0 Å². The van der Waals surface area contributed by atoms with Crippen molar-refractivity contribution in [3.05, 3.63) is 59.2 Å². The van der Waals surface area contributed by atoms with Gasteiger partial charge in [0, 0.05) is 12.2 Å². The van der Waals surface area contributed by atoms with Crippen molar-refractivity contribution in [2.75, 3.05) is 19.4 Å². The van der Waals surface area contributed by atoms with Crippen molar-refractivity contribution in [1.82, 2.24) is 5.32 Å². The average molecular weight is 284 g/mol. The molecule has 0 saturated heterocycles. The largest absolute Gasteiger partial charge is 0.496 e. The normalized spacial score (nSPS) is 10.2. The highest BCUT2D eigenvalue weighted by molar-refractivity contribution is 5.99. The molecule has 110 valence electrons. The average Bonchev–Trinajstić information content (AvgIpc) is 2.50. The van der Waals surface area contributed by atoms with Crippen LogP contribution < -0.4 is 15.8 Å². The van der Waals surface area contributed by atoms with E-state index in [1.165, 1.54) is 0 Å². The summed E-state index contributed by atoms with van der Waals surface area (Å²) in [6.45, 7) is 2.42. The number of carbonyl (C=O) groups is 1. The van der Waals surface area contributed by atoms with E-state index < -0.39 is 0 Å². The van der Waals surface area contributed by atoms with Crippen molar-refractivity contribution >= 4 is 11.6 Å². The number of anilines is 1. The summed E-state index contributed by atoms with van der Waals surface area (Å²) in [4.78, 5) is 12.1. The fraction of sp³-hybridized carbons (Fsp3) is 0.235. The summed E-state index contributed by atoms with van der Waals surface area (Å²) in [6, 6.07) is 13.2. The SMILES string of the molecule is COc1ccccc1CCNC(=O)c1cccc(C)c1N. The molecule has 4 heteroatoms. The van der Waals surface area contributed by atoms with Gasteiger partial charge in [0.05, 0.1) is 12.7 Å². The molecule has 1 amide bonds. The van der Waals surface area contributed by atoms with Crippen LogP contribution in [0.15, 0.2) is 42.5 Å². The van der Waals surface area contributed by atoms with Gasteiger partial charge in [-0.25, -0.2) is 0 Å². The summed E-state index contributed by atoms with van der Waals surface area (Å²) in [5, 5.41) is 2.89. The highest BCUT2D eigenvalue weighted by Gasteiger charge is 2.10. The lowest BCUT2D eigenvalue weighted by molar-refractivity contribution is 0.0955. The minimum atomic E-state index is -0.147. The van der Waals surface area contributed by atoms with Gasteiger partial charge in [0.15, 0.2) is 0 Å². The predicted molar refractivity (Wildman–Crippen MR) is 84.6 cm³/mol. The Morgan fingerprint density at radius 1 is 1.19 bits per heavy atom. The summed E-state index contributed by atoms with van der Waals surface area (Å²) in [5.41, 5.74) is 8.97. The third-order valence-corrected chi connectivity index (χ3v) is 3.44. The number of nitrogen functional groups attached to an aromatic ring is 1. The molecule has 0 unspecified atom stereocenters. The molecule has 0 aliphatic rings. The summed E-state index contributed by atoms with van der Waals surface area (Å²) in [5.74, 6) is 0.688. The summed E-state index contributed by atoms with van der Waals surface area (Å²) in [6.07, 6.45) is 0.710. The molecule has 0 aromatic heterocycles. The molecule has 0 radical (unpaired) electrons. The molecule has 0 bridgehead atoms. The number of hydrogen-bond acceptors (Lipinski definition) is 3. The molecule has 2 aromatic rings. The number of methoxy groups -OCH3 is 1. The van der Waals surface area contributed by atoms with Crippen LogP contribution in [0.2, 0.25) is 0 Å². The number of amides is 1. The van der Waals surface area contributed by atoms with E-state index in [0.29, 0.717) is 24.2 Å². The Balaban J connectivity index is 1.97. The molecule has 0 spiro atoms. The molecule has 3 N–H and O–H groups in total. The molecule has 2 rings (SSSR count). The number of carbonyl (C=O) groups excluding carboxylic acids is 1. The van der Waals surface area contributed by atoms with Crippen molar-refractivity contribution in [2.45, 2.75) is 13.3 Å². The number of benzene rings is 2. The van der Waals surface area contributed by atoms with Crippen molar-refractivity contribution in [3.8, 4) is 5.75 Å². The maximum Gasteiger partial charge on any atom is 0.253 e. The lowest BCUT2D eigenvalue weighted by Gasteiger charge is -2.11. The van der Waals surface area contributed by atoms with Crippen LogP contribution in [-0.4, -0.2) is 19.6 Å². The third kappa shape index (κ3) is 3.54. The third-order valence-electron chi connectivity index (χ3n) is 3.44. The van der Waals surface area contributed by atoms with Crippen molar-refractivity contribution < 1.29 is 9.53 Å². The topological polar surface area (TPSA) is 64.3 Å². The van der Waals surface area contributed by atoms with Crippen LogP contribution in [0, 0.1) is 6.92 Å². The van der Waals surface area contributed by atoms with E-state index in [9.17, 15) is 4.79 Å². The molecule has 0 saturated carbocycles. The first-order valence-electron chi connectivity index (χ1n) is 6.88. The number of aryl methyl sites for hydroxylation is 1. The first-order chi connectivity index (χ1) is 10.1. The van der Waals surface area contributed by atoms with E-state index in [1.54, 1.807) is 13.2 Å². The zero-order valence-corrected chi connectivity index (χ0v) is 12.3. The first-order valence-corrected chi connectivity index (χ1v) is 6.88. The number of nitrogens with two attached hydrogens (primary N) is 1. The zero-order chi connectivity index (χ0) is 15.2. The molecule has 0 fully saturated rings. The molecule has 0 aliphatic heterocycles. The van der Waals surface area contributed by atoms with E-state index in [-0.39, 0.29) is 5.91 Å². The summed E-state index contributed by atoms with van der Waals surface area (Å²) in [7, 11) is 1.64. The summed E-state index contributed by atoms with van der Waals surface area (Å²) >= 11 is 0. The molecule has 2 aromatic carbocycles. The van der Waals surface area contributed by atoms with Crippen molar-refractivity contribution in [1.29, 1.82) is 0 Å². The Morgan fingerprint density at radius 2 is 1.95 bits per heavy atom. The second kappa shape index (κ2) is 6.79. The molecule has 0 aliphatic carbocycles. The van der Waals surface area contributed by atoms with Crippen LogP contribution in [-0.2, 0) is 6.42 Å². The molecular weight excluding hydrogens is 264 g/mol. The number of hydrogen-bond donors (Lipinski definition) is 2. The van der Waals surface area contributed by atoms with Crippen LogP contribution in [0.3, 0.4) is 0 Å². The lowest BCUT2D eigenvalue weighted by Crippen LogP contribution is -2.26. The number of para-hydroxylation sites is 2. The highest BCUT2D eigenvalue weighted by Crippen LogP contribution is 2.18. The molecule has 0 atom stereocenters. The smallest absolute Gasteiger partial charge is 0.253 e. The van der Waals surface area contributed by atoms with Gasteiger partial charge < -0.3 is 15.8 Å². The molecule has 21 heavy (non-hydrogen) atoms. The Labute approximate surface area is 124 Å². The Bertz CT molecular complexity index is 638. The second-order valence-electron chi connectivity index (χ2n) is 4.85. The maximum atomic E-state index is 12.1. The number of nitrogens with one attached hydrogen (secondary N) is 1. The molecule has 0 heterocycles. The van der Waals surface area contributed by atoms with Crippen LogP contribution in [0.4, 0.5) is 5.69 Å². The number of ether oxygens (including phenoxy) is 1. The van der Waals surface area contributed by atoms with Crippen LogP contribution in [0.1, 0.15) is 21.5 Å². The lowest BCUT2D eigenvalue weighted by atomic mass is 10.1. The Morgan fingerprint density at radius 3 is 2.71 bits per heavy atom. The standard InChI is InChI=1S/C17H20N2O2/c1-12-6-5-8-14(16(12)18)17(20)19-11-10-13-7-3-4-9-15(13)21-2/h3-9H,10-11,18H2,1-2H3,(H,19,20). The van der Waals surface area contributed by atoms with Crippen molar-refractivity contribution in [3.63, 3.8) is 0 Å². The van der Waals surface area contributed by atoms with Gasteiger partial charge in [0.1, 0.15) is 5.75 Å². The van der Waals surface area contributed by atoms with E-state index in [0.717, 1.165) is 16.9 Å². The van der Waals surface area contributed by atoms with Crippen LogP contribution in [0.25, 0.3) is 0 Å². The second-order valence-corrected chi connectivity index (χ2v) is 4.85. The molecular formula is C17H20N2O2. The minimum absolute atomic E-state index is 0.147. The predicted octanol–water partition coefficient (Wildman–Crippen LogP) is 2.56. The van der Waals surface area contributed by atoms with Gasteiger partial charge >= 0.3 is 0 Å². The monoisotopic (exact) mass is 284 g/mol. The van der Waals surface area contributed by atoms with Crippen LogP contribution >= 0.6 is 0 Å². The number of rotatable bonds is 5. The van der Waals surface area contributed by atoms with Gasteiger partial charge in [-0.1, -0.05) is 30.3 Å². The highest BCUT2D eigenvalue weighted by atomic mass is 16.5. The fourth-order valence-corrected chi connectivity index (χ4v) is 2.19. The van der Waals surface area contributed by atoms with Crippen LogP contribution in [0.5, 0.6) is 5.75 Å². The fourth-order valence-electron chi connectivity index (χ4n) is 2.19. The van der Waals surface area contributed by atoms with E-state index >= 15 is 0 Å². The van der Waals surface area contributed by atoms with Gasteiger partial charge in [-0.2, -0.15) is 0 Å². The van der Waals surface area contributed by atoms with Gasteiger partial charge in [-0.3, -0.25) is 4.79 Å². The minimum Gasteiger partial charge on any atom is -0.496 e. The Kier molecular flexibility index (Phi) is 4.82. The summed E-state index contributed by atoms with van der Waals surface area (Å²) < 4.78 is 5.29. The Hall–Kier alpha value is -2.49. The quantitative estimate of drug-likeness (QED) is 0.829. The zero-order valence-electron chi connectivity index (χ0n) is 12.3. The van der Waals surface area contributed by atoms with E-state index in [2.05, 4.69) is 5.32 Å². The van der Waals surface area contributed by atoms with E-state index in [1.807, 2.05) is 43.3 Å². The van der Waals surface area contributed by atoms with Gasteiger partial charge in [0.25, 0.3) is 5.91 Å². The maximum absolute atomic E-state index is 12.1. The van der Waals surface area contributed by atoms with Gasteiger partial charge in [0.2, 0.25) is 0 Å². The first kappa shape index (κ1) is 14.9. The van der Waals surface area contributed by atoms with E-state index in [4.69, 9.17) is 10.5 Å². The molecule has 4 nitrogen and oxygen atoms in total.